The lowest BCUT2D eigenvalue weighted by atomic mass is 10.3. The van der Waals surface area contributed by atoms with Gasteiger partial charge in [0.15, 0.2) is 12.5 Å². The Hall–Kier alpha value is -0.840. The van der Waals surface area contributed by atoms with E-state index in [1.165, 1.54) is 0 Å². The Morgan fingerprint density at radius 2 is 2.57 bits per heavy atom. The van der Waals surface area contributed by atoms with Gasteiger partial charge >= 0.3 is 0 Å². The van der Waals surface area contributed by atoms with E-state index in [9.17, 15) is 9.18 Å². The summed E-state index contributed by atoms with van der Waals surface area (Å²) >= 11 is 0. The zero-order valence-corrected chi connectivity index (χ0v) is 3.73. The lowest BCUT2D eigenvalue weighted by Gasteiger charge is -1.85. The molecule has 1 atom stereocenters. The fourth-order valence-corrected chi connectivity index (χ4v) is 0.161. The fourth-order valence-electron chi connectivity index (χ4n) is 0.161. The van der Waals surface area contributed by atoms with Crippen LogP contribution in [0, 0.1) is 12.3 Å². The molecule has 0 aromatic rings. The molecule has 0 rings (SSSR count). The maximum Gasteiger partial charge on any atom is 0.166 e. The van der Waals surface area contributed by atoms with Crippen molar-refractivity contribution in [3.05, 3.63) is 0 Å². The summed E-state index contributed by atoms with van der Waals surface area (Å²) < 4.78 is 11.6. The van der Waals surface area contributed by atoms with Crippen molar-refractivity contribution in [2.45, 2.75) is 12.6 Å². The Morgan fingerprint density at radius 3 is 2.71 bits per heavy atom. The molecule has 0 heterocycles. The van der Waals surface area contributed by atoms with Crippen molar-refractivity contribution in [3.63, 3.8) is 0 Å². The van der Waals surface area contributed by atoms with Crippen molar-refractivity contribution in [1.29, 1.82) is 0 Å². The van der Waals surface area contributed by atoms with Crippen molar-refractivity contribution < 1.29 is 9.18 Å². The highest BCUT2D eigenvalue weighted by Crippen LogP contribution is 1.88. The first kappa shape index (κ1) is 6.16. The SMILES string of the molecule is C#CCC(F)C=O. The van der Waals surface area contributed by atoms with E-state index in [2.05, 4.69) is 6.42 Å². The molecule has 0 amide bonds. The van der Waals surface area contributed by atoms with Gasteiger partial charge in [-0.05, 0) is 0 Å². The molecule has 0 aliphatic rings. The van der Waals surface area contributed by atoms with Gasteiger partial charge < -0.3 is 4.79 Å². The van der Waals surface area contributed by atoms with Crippen LogP contribution in [0.5, 0.6) is 0 Å². The molecule has 1 unspecified atom stereocenters. The smallest absolute Gasteiger partial charge is 0.166 e. The lowest BCUT2D eigenvalue weighted by Crippen LogP contribution is -1.97. The molecule has 7 heavy (non-hydrogen) atoms. The summed E-state index contributed by atoms with van der Waals surface area (Å²) in [7, 11) is 0. The minimum atomic E-state index is -1.47. The van der Waals surface area contributed by atoms with Crippen molar-refractivity contribution in [1.82, 2.24) is 0 Å². The number of aldehydes is 1. The van der Waals surface area contributed by atoms with Crippen molar-refractivity contribution in [2.75, 3.05) is 0 Å². The lowest BCUT2D eigenvalue weighted by molar-refractivity contribution is -0.111. The largest absolute Gasteiger partial charge is 0.300 e. The molecule has 0 saturated heterocycles. The molecular formula is C5H5FO. The van der Waals surface area contributed by atoms with Gasteiger partial charge in [-0.3, -0.25) is 0 Å². The van der Waals surface area contributed by atoms with Crippen LogP contribution in [0.3, 0.4) is 0 Å². The molecule has 0 aliphatic heterocycles. The van der Waals surface area contributed by atoms with Gasteiger partial charge in [-0.15, -0.1) is 12.3 Å². The summed E-state index contributed by atoms with van der Waals surface area (Å²) in [6.45, 7) is 0. The monoisotopic (exact) mass is 100 g/mol. The first-order valence-electron chi connectivity index (χ1n) is 1.84. The van der Waals surface area contributed by atoms with Crippen molar-refractivity contribution in [3.8, 4) is 12.3 Å². The standard InChI is InChI=1S/C5H5FO/c1-2-3-5(6)4-7/h1,4-5H,3H2. The second-order valence-electron chi connectivity index (χ2n) is 1.06. The summed E-state index contributed by atoms with van der Waals surface area (Å²) in [6, 6.07) is 0. The van der Waals surface area contributed by atoms with E-state index in [0.29, 0.717) is 0 Å². The number of halogens is 1. The van der Waals surface area contributed by atoms with Crippen LogP contribution < -0.4 is 0 Å². The number of alkyl halides is 1. The minimum Gasteiger partial charge on any atom is -0.300 e. The third kappa shape index (κ3) is 2.98. The number of terminal acetylenes is 1. The van der Waals surface area contributed by atoms with E-state index in [0.717, 1.165) is 0 Å². The average Bonchev–Trinajstić information content (AvgIpc) is 1.68. The predicted molar refractivity (Wildman–Crippen MR) is 24.4 cm³/mol. The van der Waals surface area contributed by atoms with Gasteiger partial charge in [0.25, 0.3) is 0 Å². The Morgan fingerprint density at radius 1 is 2.00 bits per heavy atom. The van der Waals surface area contributed by atoms with Crippen LogP contribution >= 0.6 is 0 Å². The Labute approximate surface area is 41.5 Å². The first-order chi connectivity index (χ1) is 3.31. The molecule has 0 aliphatic carbocycles. The predicted octanol–water partition coefficient (Wildman–Crippen LogP) is 0.547. The highest BCUT2D eigenvalue weighted by atomic mass is 19.1. The second-order valence-corrected chi connectivity index (χ2v) is 1.06. The molecule has 0 spiro atoms. The Kier molecular flexibility index (Phi) is 2.95. The molecular weight excluding hydrogens is 95.1 g/mol. The number of carbonyl (C=O) groups excluding carboxylic acids is 1. The molecule has 0 radical (unpaired) electrons. The van der Waals surface area contributed by atoms with Crippen LogP contribution in [0.15, 0.2) is 0 Å². The van der Waals surface area contributed by atoms with Crippen molar-refractivity contribution >= 4 is 6.29 Å². The highest BCUT2D eigenvalue weighted by Gasteiger charge is 1.97. The second kappa shape index (κ2) is 3.35. The summed E-state index contributed by atoms with van der Waals surface area (Å²) in [6.07, 6.45) is 3.28. The average molecular weight is 100 g/mol. The van der Waals surface area contributed by atoms with Crippen LogP contribution in [0.4, 0.5) is 4.39 Å². The normalized spacial score (nSPS) is 12.0. The van der Waals surface area contributed by atoms with Gasteiger partial charge in [-0.25, -0.2) is 4.39 Å². The van der Waals surface area contributed by atoms with E-state index in [-0.39, 0.29) is 12.7 Å². The van der Waals surface area contributed by atoms with E-state index in [4.69, 9.17) is 0 Å². The number of carbonyl (C=O) groups is 1. The van der Waals surface area contributed by atoms with Gasteiger partial charge in [0.1, 0.15) is 0 Å². The van der Waals surface area contributed by atoms with E-state index in [1.807, 2.05) is 5.92 Å². The molecule has 1 nitrogen and oxygen atoms in total. The maximum atomic E-state index is 11.6. The van der Waals surface area contributed by atoms with Gasteiger partial charge in [-0.2, -0.15) is 0 Å². The van der Waals surface area contributed by atoms with Crippen LogP contribution in [-0.2, 0) is 4.79 Å². The first-order valence-corrected chi connectivity index (χ1v) is 1.84. The molecule has 38 valence electrons. The minimum absolute atomic E-state index is 0.108. The zero-order valence-electron chi connectivity index (χ0n) is 3.73. The van der Waals surface area contributed by atoms with E-state index >= 15 is 0 Å². The van der Waals surface area contributed by atoms with Crippen LogP contribution in [0.1, 0.15) is 6.42 Å². The summed E-state index contributed by atoms with van der Waals surface area (Å²) in [5.74, 6) is 2.01. The Balaban J connectivity index is 3.21. The van der Waals surface area contributed by atoms with Gasteiger partial charge in [-0.1, -0.05) is 0 Å². The highest BCUT2D eigenvalue weighted by molar-refractivity contribution is 5.56. The Bertz CT molecular complexity index is 92.7. The van der Waals surface area contributed by atoms with E-state index < -0.39 is 6.17 Å². The number of hydrogen-bond donors (Lipinski definition) is 0. The molecule has 2 heteroatoms. The van der Waals surface area contributed by atoms with Crippen LogP contribution in [0.25, 0.3) is 0 Å². The van der Waals surface area contributed by atoms with Gasteiger partial charge in [0.05, 0.1) is 0 Å². The number of hydrogen-bond acceptors (Lipinski definition) is 1. The summed E-state index contributed by atoms with van der Waals surface area (Å²) in [5, 5.41) is 0. The zero-order chi connectivity index (χ0) is 5.70. The van der Waals surface area contributed by atoms with Crippen LogP contribution in [0.2, 0.25) is 0 Å². The molecule has 0 aromatic heterocycles. The summed E-state index contributed by atoms with van der Waals surface area (Å²) in [5.41, 5.74) is 0. The topological polar surface area (TPSA) is 17.1 Å². The third-order valence-corrected chi connectivity index (χ3v) is 0.461. The van der Waals surface area contributed by atoms with Crippen LogP contribution in [-0.4, -0.2) is 12.5 Å². The quantitative estimate of drug-likeness (QED) is 0.365. The van der Waals surface area contributed by atoms with Gasteiger partial charge in [0, 0.05) is 6.42 Å². The summed E-state index contributed by atoms with van der Waals surface area (Å²) in [4.78, 5) is 9.42. The maximum absolute atomic E-state index is 11.6. The fraction of sp³-hybridized carbons (Fsp3) is 0.400. The number of rotatable bonds is 2. The van der Waals surface area contributed by atoms with Gasteiger partial charge in [0.2, 0.25) is 0 Å². The molecule has 0 bridgehead atoms. The molecule has 0 fully saturated rings. The molecule has 0 saturated carbocycles. The van der Waals surface area contributed by atoms with E-state index in [1.54, 1.807) is 0 Å². The van der Waals surface area contributed by atoms with Crippen molar-refractivity contribution in [2.24, 2.45) is 0 Å². The molecule has 0 aromatic carbocycles. The third-order valence-electron chi connectivity index (χ3n) is 0.461. The molecule has 0 N–H and O–H groups in total.